The SMILES string of the molecule is CCOC(=O)c1c(NC(=O)NCC2CCN(C(=O)N(C)C(=O)OCC)CC2)sc2c1CCCC2. The van der Waals surface area contributed by atoms with Crippen LogP contribution in [-0.2, 0) is 22.3 Å². The lowest BCUT2D eigenvalue weighted by Crippen LogP contribution is -2.48. The quantitative estimate of drug-likeness (QED) is 0.580. The van der Waals surface area contributed by atoms with Gasteiger partial charge in [0.15, 0.2) is 0 Å². The highest BCUT2D eigenvalue weighted by atomic mass is 32.1. The van der Waals surface area contributed by atoms with Gasteiger partial charge in [-0.2, -0.15) is 0 Å². The molecule has 1 aliphatic carbocycles. The number of carbonyl (C=O) groups excluding carboxylic acids is 4. The number of amides is 5. The van der Waals surface area contributed by atoms with Crippen LogP contribution in [-0.4, -0.2) is 73.8 Å². The lowest BCUT2D eigenvalue weighted by molar-refractivity contribution is 0.0526. The van der Waals surface area contributed by atoms with Crippen molar-refractivity contribution in [2.45, 2.75) is 52.4 Å². The minimum Gasteiger partial charge on any atom is -0.462 e. The number of ether oxygens (including phenoxy) is 2. The lowest BCUT2D eigenvalue weighted by atomic mass is 9.95. The number of hydrogen-bond donors (Lipinski definition) is 2. The molecule has 2 aliphatic rings. The van der Waals surface area contributed by atoms with E-state index in [1.807, 2.05) is 0 Å². The monoisotopic (exact) mass is 494 g/mol. The average Bonchev–Trinajstić information content (AvgIpc) is 3.20. The van der Waals surface area contributed by atoms with Gasteiger partial charge in [0.2, 0.25) is 0 Å². The molecule has 1 aliphatic heterocycles. The third-order valence-electron chi connectivity index (χ3n) is 6.14. The van der Waals surface area contributed by atoms with E-state index in [4.69, 9.17) is 9.47 Å². The highest BCUT2D eigenvalue weighted by Gasteiger charge is 2.29. The van der Waals surface area contributed by atoms with Crippen LogP contribution in [0.4, 0.5) is 19.4 Å². The number of rotatable bonds is 6. The Morgan fingerprint density at radius 1 is 1.06 bits per heavy atom. The van der Waals surface area contributed by atoms with Crippen molar-refractivity contribution in [1.29, 1.82) is 0 Å². The van der Waals surface area contributed by atoms with Gasteiger partial charge in [-0.1, -0.05) is 0 Å². The van der Waals surface area contributed by atoms with Crippen molar-refractivity contribution >= 4 is 40.5 Å². The van der Waals surface area contributed by atoms with E-state index in [1.165, 1.54) is 18.4 Å². The smallest absolute Gasteiger partial charge is 0.417 e. The van der Waals surface area contributed by atoms with Crippen LogP contribution in [0, 0.1) is 5.92 Å². The molecule has 0 saturated carbocycles. The fourth-order valence-electron chi connectivity index (χ4n) is 4.30. The van der Waals surface area contributed by atoms with Gasteiger partial charge >= 0.3 is 24.1 Å². The molecular weight excluding hydrogens is 460 g/mol. The summed E-state index contributed by atoms with van der Waals surface area (Å²) in [6.07, 6.45) is 4.61. The van der Waals surface area contributed by atoms with Gasteiger partial charge in [0.1, 0.15) is 5.00 Å². The molecule has 0 atom stereocenters. The number of hydrogen-bond acceptors (Lipinski definition) is 7. The van der Waals surface area contributed by atoms with Crippen LogP contribution in [0.15, 0.2) is 0 Å². The molecule has 0 aromatic carbocycles. The number of esters is 1. The molecule has 0 bridgehead atoms. The summed E-state index contributed by atoms with van der Waals surface area (Å²) in [6, 6.07) is -0.736. The molecule has 3 rings (SSSR count). The molecular formula is C23H34N4O6S. The van der Waals surface area contributed by atoms with Gasteiger partial charge in [-0.3, -0.25) is 5.32 Å². The summed E-state index contributed by atoms with van der Waals surface area (Å²) in [5.74, 6) is -0.175. The highest BCUT2D eigenvalue weighted by Crippen LogP contribution is 2.38. The fraction of sp³-hybridized carbons (Fsp3) is 0.652. The van der Waals surface area contributed by atoms with E-state index < -0.39 is 6.09 Å². The maximum Gasteiger partial charge on any atom is 0.417 e. The predicted octanol–water partition coefficient (Wildman–Crippen LogP) is 3.85. The summed E-state index contributed by atoms with van der Waals surface area (Å²) in [7, 11) is 1.41. The number of anilines is 1. The first-order chi connectivity index (χ1) is 16.3. The number of nitrogens with zero attached hydrogens (tertiary/aromatic N) is 2. The second-order valence-electron chi connectivity index (χ2n) is 8.44. The van der Waals surface area contributed by atoms with Crippen molar-refractivity contribution in [3.8, 4) is 0 Å². The molecule has 188 valence electrons. The van der Waals surface area contributed by atoms with E-state index in [-0.39, 0.29) is 37.2 Å². The van der Waals surface area contributed by atoms with Gasteiger partial charge < -0.3 is 19.7 Å². The number of likely N-dealkylation sites (tertiary alicyclic amines) is 1. The van der Waals surface area contributed by atoms with Gasteiger partial charge in [-0.05, 0) is 63.9 Å². The van der Waals surface area contributed by atoms with Crippen LogP contribution < -0.4 is 10.6 Å². The molecule has 11 heteroatoms. The van der Waals surface area contributed by atoms with Crippen molar-refractivity contribution in [3.63, 3.8) is 0 Å². The molecule has 2 N–H and O–H groups in total. The Balaban J connectivity index is 1.50. The zero-order valence-corrected chi connectivity index (χ0v) is 20.9. The summed E-state index contributed by atoms with van der Waals surface area (Å²) in [5, 5.41) is 6.30. The largest absolute Gasteiger partial charge is 0.462 e. The number of urea groups is 2. The van der Waals surface area contributed by atoms with Crippen LogP contribution >= 0.6 is 11.3 Å². The van der Waals surface area contributed by atoms with Crippen LogP contribution in [0.1, 0.15) is 60.3 Å². The molecule has 5 amide bonds. The molecule has 34 heavy (non-hydrogen) atoms. The van der Waals surface area contributed by atoms with E-state index in [2.05, 4.69) is 10.6 Å². The predicted molar refractivity (Wildman–Crippen MR) is 128 cm³/mol. The van der Waals surface area contributed by atoms with E-state index in [0.29, 0.717) is 43.0 Å². The number of nitrogens with one attached hydrogen (secondary N) is 2. The molecule has 0 radical (unpaired) electrons. The summed E-state index contributed by atoms with van der Waals surface area (Å²) in [5.41, 5.74) is 1.50. The number of thiophene rings is 1. The standard InChI is InChI=1S/C23H34N4O6S/c1-4-32-20(28)18-16-8-6-7-9-17(16)34-19(18)25-21(29)24-14-15-10-12-27(13-11-15)22(30)26(3)23(31)33-5-2/h15H,4-14H2,1-3H3,(H2,24,25,29). The normalized spacial score (nSPS) is 15.8. The Morgan fingerprint density at radius 3 is 2.41 bits per heavy atom. The minimum atomic E-state index is -0.662. The summed E-state index contributed by atoms with van der Waals surface area (Å²) in [6.45, 7) is 5.41. The first-order valence-corrected chi connectivity index (χ1v) is 12.7. The van der Waals surface area contributed by atoms with Crippen LogP contribution in [0.3, 0.4) is 0 Å². The maximum atomic E-state index is 12.6. The number of carbonyl (C=O) groups is 4. The van der Waals surface area contributed by atoms with Crippen molar-refractivity contribution in [1.82, 2.24) is 15.1 Å². The van der Waals surface area contributed by atoms with Gasteiger partial charge in [-0.25, -0.2) is 24.1 Å². The third-order valence-corrected chi connectivity index (χ3v) is 7.35. The molecule has 0 spiro atoms. The van der Waals surface area contributed by atoms with Gasteiger partial charge in [0, 0.05) is 31.6 Å². The van der Waals surface area contributed by atoms with E-state index in [1.54, 1.807) is 18.7 Å². The molecule has 1 aromatic rings. The van der Waals surface area contributed by atoms with E-state index in [0.717, 1.165) is 41.0 Å². The van der Waals surface area contributed by atoms with Crippen molar-refractivity contribution in [2.75, 3.05) is 45.2 Å². The van der Waals surface area contributed by atoms with Gasteiger partial charge in [0.05, 0.1) is 18.8 Å². The summed E-state index contributed by atoms with van der Waals surface area (Å²) >= 11 is 1.46. The Hall–Kier alpha value is -2.82. The topological polar surface area (TPSA) is 117 Å². The molecule has 10 nitrogen and oxygen atoms in total. The van der Waals surface area contributed by atoms with Gasteiger partial charge in [-0.15, -0.1) is 11.3 Å². The zero-order chi connectivity index (χ0) is 24.7. The third kappa shape index (κ3) is 6.19. The summed E-state index contributed by atoms with van der Waals surface area (Å²) in [4.78, 5) is 53.1. The Labute approximate surface area is 203 Å². The number of fused-ring (bicyclic) bond motifs is 1. The highest BCUT2D eigenvalue weighted by molar-refractivity contribution is 7.17. The summed E-state index contributed by atoms with van der Waals surface area (Å²) < 4.78 is 10.1. The number of piperidine rings is 1. The molecule has 1 saturated heterocycles. The van der Waals surface area contributed by atoms with Gasteiger partial charge in [0.25, 0.3) is 0 Å². The first kappa shape index (κ1) is 25.8. The average molecular weight is 495 g/mol. The number of aryl methyl sites for hydroxylation is 1. The zero-order valence-electron chi connectivity index (χ0n) is 20.1. The molecule has 0 unspecified atom stereocenters. The maximum absolute atomic E-state index is 12.6. The van der Waals surface area contributed by atoms with Crippen molar-refractivity contribution < 1.29 is 28.7 Å². The number of imide groups is 1. The van der Waals surface area contributed by atoms with Crippen LogP contribution in [0.2, 0.25) is 0 Å². The first-order valence-electron chi connectivity index (χ1n) is 11.9. The molecule has 1 fully saturated rings. The lowest BCUT2D eigenvalue weighted by Gasteiger charge is -2.33. The molecule has 2 heterocycles. The molecule has 1 aromatic heterocycles. The second-order valence-corrected chi connectivity index (χ2v) is 9.55. The van der Waals surface area contributed by atoms with E-state index >= 15 is 0 Å². The van der Waals surface area contributed by atoms with Crippen molar-refractivity contribution in [3.05, 3.63) is 16.0 Å². The fourth-order valence-corrected chi connectivity index (χ4v) is 5.57. The Kier molecular flexibility index (Phi) is 9.14. The Morgan fingerprint density at radius 2 is 1.74 bits per heavy atom. The van der Waals surface area contributed by atoms with Crippen molar-refractivity contribution in [2.24, 2.45) is 5.92 Å². The second kappa shape index (κ2) is 12.0. The van der Waals surface area contributed by atoms with Crippen LogP contribution in [0.5, 0.6) is 0 Å². The van der Waals surface area contributed by atoms with E-state index in [9.17, 15) is 19.2 Å². The Bertz CT molecular complexity index is 910. The van der Waals surface area contributed by atoms with Crippen LogP contribution in [0.25, 0.3) is 0 Å². The minimum absolute atomic E-state index is 0.210.